The first kappa shape index (κ1) is 23.3. The lowest BCUT2D eigenvalue weighted by molar-refractivity contribution is -0.146. The number of nitrogens with two attached hydrogens (primary N) is 1. The highest BCUT2D eigenvalue weighted by Gasteiger charge is 2.43. The van der Waals surface area contributed by atoms with E-state index in [1.165, 1.54) is 4.90 Å². The minimum Gasteiger partial charge on any atom is -0.480 e. The number of amides is 2. The van der Waals surface area contributed by atoms with Crippen LogP contribution in [0.3, 0.4) is 0 Å². The van der Waals surface area contributed by atoms with Crippen LogP contribution in [0.4, 0.5) is 11.5 Å². The number of nitriles is 1. The molecule has 10 nitrogen and oxygen atoms in total. The molecule has 2 aliphatic rings. The molecule has 10 heteroatoms. The lowest BCUT2D eigenvalue weighted by atomic mass is 9.85. The van der Waals surface area contributed by atoms with Crippen LogP contribution in [-0.2, 0) is 11.3 Å². The maximum absolute atomic E-state index is 13.0. The summed E-state index contributed by atoms with van der Waals surface area (Å²) < 4.78 is 1.64. The molecule has 2 unspecified atom stereocenters. The number of carbonyl (C=O) groups excluding carboxylic acids is 2. The van der Waals surface area contributed by atoms with Gasteiger partial charge in [0.2, 0.25) is 0 Å². The highest BCUT2D eigenvalue weighted by Crippen LogP contribution is 2.42. The molecule has 2 atom stereocenters. The average Bonchev–Trinajstić information content (AvgIpc) is 3.42. The fourth-order valence-corrected chi connectivity index (χ4v) is 4.62. The summed E-state index contributed by atoms with van der Waals surface area (Å²) in [6.07, 6.45) is 3.90. The summed E-state index contributed by atoms with van der Waals surface area (Å²) in [6.45, 7) is 5.54. The van der Waals surface area contributed by atoms with Crippen LogP contribution in [0.25, 0.3) is 0 Å². The summed E-state index contributed by atoms with van der Waals surface area (Å²) in [7, 11) is 0. The van der Waals surface area contributed by atoms with Crippen LogP contribution >= 0.6 is 0 Å². The van der Waals surface area contributed by atoms with Crippen molar-refractivity contribution in [2.45, 2.75) is 58.7 Å². The molecule has 2 heterocycles. The van der Waals surface area contributed by atoms with Gasteiger partial charge in [-0.2, -0.15) is 10.4 Å². The molecular weight excluding hydrogens is 436 g/mol. The Kier molecular flexibility index (Phi) is 5.81. The van der Waals surface area contributed by atoms with Crippen LogP contribution in [0.1, 0.15) is 72.4 Å². The van der Waals surface area contributed by atoms with Crippen molar-refractivity contribution in [1.82, 2.24) is 14.7 Å². The molecule has 1 fully saturated rings. The van der Waals surface area contributed by atoms with E-state index < -0.39 is 23.3 Å². The second kappa shape index (κ2) is 8.48. The first-order valence-electron chi connectivity index (χ1n) is 11.2. The van der Waals surface area contributed by atoms with Crippen LogP contribution in [0.15, 0.2) is 24.4 Å². The summed E-state index contributed by atoms with van der Waals surface area (Å²) in [4.78, 5) is 38.3. The topological polar surface area (TPSA) is 154 Å². The molecule has 2 amide bonds. The van der Waals surface area contributed by atoms with Crippen molar-refractivity contribution in [2.24, 2.45) is 17.1 Å². The molecular formula is C24H28N6O4. The van der Waals surface area contributed by atoms with Crippen molar-refractivity contribution in [1.29, 1.82) is 5.26 Å². The number of aromatic nitrogens is 2. The summed E-state index contributed by atoms with van der Waals surface area (Å²) in [5.41, 5.74) is 6.86. The first-order valence-corrected chi connectivity index (χ1v) is 11.2. The van der Waals surface area contributed by atoms with Gasteiger partial charge in [-0.25, -0.2) is 4.79 Å². The monoisotopic (exact) mass is 464 g/mol. The smallest absolute Gasteiger partial charge is 0.326 e. The molecule has 2 aromatic rings. The van der Waals surface area contributed by atoms with Gasteiger partial charge < -0.3 is 21.1 Å². The van der Waals surface area contributed by atoms with E-state index in [1.54, 1.807) is 49.8 Å². The fourth-order valence-electron chi connectivity index (χ4n) is 4.62. The standard InChI is InChI=1S/C24H28N6O4/c1-24(2,3)19(23(33)34)29-11-14-10-15(6-7-16(14)22(29)32)27-21-17(20(26)31)12-30(28-21)18(8-9-25)13-4-5-13/h6-7,10,12-13,18-19H,4-5,8,11H2,1-3H3,(H2,26,31)(H,27,28)(H,33,34). The lowest BCUT2D eigenvalue weighted by Crippen LogP contribution is -2.49. The molecule has 1 saturated carbocycles. The second-order valence-corrected chi connectivity index (χ2v) is 10.0. The number of rotatable bonds is 8. The Morgan fingerprint density at radius 3 is 2.62 bits per heavy atom. The van der Waals surface area contributed by atoms with Gasteiger partial charge in [-0.05, 0) is 47.9 Å². The zero-order valence-corrected chi connectivity index (χ0v) is 19.4. The van der Waals surface area contributed by atoms with Gasteiger partial charge in [0, 0.05) is 24.0 Å². The number of nitrogens with zero attached hydrogens (tertiary/aromatic N) is 4. The number of nitrogens with one attached hydrogen (secondary N) is 1. The zero-order chi connectivity index (χ0) is 24.8. The van der Waals surface area contributed by atoms with Crippen LogP contribution < -0.4 is 11.1 Å². The third kappa shape index (κ3) is 4.33. The van der Waals surface area contributed by atoms with Crippen molar-refractivity contribution >= 4 is 29.3 Å². The Labute approximate surface area is 197 Å². The molecule has 4 N–H and O–H groups in total. The van der Waals surface area contributed by atoms with E-state index in [1.807, 2.05) is 0 Å². The Hall–Kier alpha value is -3.87. The highest BCUT2D eigenvalue weighted by atomic mass is 16.4. The summed E-state index contributed by atoms with van der Waals surface area (Å²) in [6, 6.07) is 6.18. The van der Waals surface area contributed by atoms with Crippen molar-refractivity contribution in [3.05, 3.63) is 41.1 Å². The number of anilines is 2. The minimum absolute atomic E-state index is 0.116. The molecule has 1 aliphatic heterocycles. The fraction of sp³-hybridized carbons (Fsp3) is 0.458. The number of hydrogen-bond acceptors (Lipinski definition) is 6. The van der Waals surface area contributed by atoms with Gasteiger partial charge in [-0.3, -0.25) is 14.3 Å². The molecule has 0 radical (unpaired) electrons. The van der Waals surface area contributed by atoms with Crippen molar-refractivity contribution in [3.63, 3.8) is 0 Å². The minimum atomic E-state index is -1.05. The number of carbonyl (C=O) groups is 3. The van der Waals surface area contributed by atoms with Gasteiger partial charge in [0.15, 0.2) is 5.82 Å². The Morgan fingerprint density at radius 1 is 1.35 bits per heavy atom. The van der Waals surface area contributed by atoms with Gasteiger partial charge in [0.05, 0.1) is 18.5 Å². The van der Waals surface area contributed by atoms with E-state index in [0.717, 1.165) is 12.8 Å². The van der Waals surface area contributed by atoms with Crippen LogP contribution in [-0.4, -0.2) is 43.6 Å². The molecule has 1 aromatic carbocycles. The number of benzene rings is 1. The van der Waals surface area contributed by atoms with Crippen LogP contribution in [0.2, 0.25) is 0 Å². The van der Waals surface area contributed by atoms with Gasteiger partial charge in [0.1, 0.15) is 11.6 Å². The van der Waals surface area contributed by atoms with Crippen molar-refractivity contribution < 1.29 is 19.5 Å². The molecule has 0 spiro atoms. The normalized spacial score (nSPS) is 17.1. The van der Waals surface area contributed by atoms with Gasteiger partial charge in [0.25, 0.3) is 11.8 Å². The summed E-state index contributed by atoms with van der Waals surface area (Å²) in [5, 5.41) is 26.6. The molecule has 178 valence electrons. The van der Waals surface area contributed by atoms with E-state index >= 15 is 0 Å². The molecule has 1 aliphatic carbocycles. The molecule has 0 saturated heterocycles. The van der Waals surface area contributed by atoms with Crippen molar-refractivity contribution in [3.8, 4) is 6.07 Å². The Morgan fingerprint density at radius 2 is 2.06 bits per heavy atom. The van der Waals surface area contributed by atoms with Gasteiger partial charge in [-0.15, -0.1) is 0 Å². The zero-order valence-electron chi connectivity index (χ0n) is 19.4. The third-order valence-electron chi connectivity index (χ3n) is 6.37. The first-order chi connectivity index (χ1) is 16.0. The number of hydrogen-bond donors (Lipinski definition) is 3. The van der Waals surface area contributed by atoms with E-state index in [2.05, 4.69) is 16.5 Å². The van der Waals surface area contributed by atoms with E-state index in [-0.39, 0.29) is 29.9 Å². The van der Waals surface area contributed by atoms with E-state index in [4.69, 9.17) is 5.73 Å². The summed E-state index contributed by atoms with van der Waals surface area (Å²) in [5.74, 6) is -1.39. The molecule has 1 aromatic heterocycles. The van der Waals surface area contributed by atoms with E-state index in [9.17, 15) is 24.8 Å². The SMILES string of the molecule is CC(C)(C)C(C(=O)O)N1Cc2cc(Nc3nn(C(CC#N)C4CC4)cc3C(N)=O)ccc2C1=O. The number of carboxylic acid groups (broad SMARTS) is 1. The van der Waals surface area contributed by atoms with Crippen LogP contribution in [0, 0.1) is 22.7 Å². The summed E-state index contributed by atoms with van der Waals surface area (Å²) >= 11 is 0. The highest BCUT2D eigenvalue weighted by molar-refractivity contribution is 6.01. The largest absolute Gasteiger partial charge is 0.480 e. The predicted molar refractivity (Wildman–Crippen MR) is 123 cm³/mol. The predicted octanol–water partition coefficient (Wildman–Crippen LogP) is 3.05. The van der Waals surface area contributed by atoms with Gasteiger partial charge in [-0.1, -0.05) is 20.8 Å². The number of primary amides is 1. The number of fused-ring (bicyclic) bond motifs is 1. The quantitative estimate of drug-likeness (QED) is 0.542. The maximum Gasteiger partial charge on any atom is 0.326 e. The Balaban J connectivity index is 1.61. The number of carboxylic acids is 1. The lowest BCUT2D eigenvalue weighted by Gasteiger charge is -2.34. The van der Waals surface area contributed by atoms with Gasteiger partial charge >= 0.3 is 5.97 Å². The molecule has 34 heavy (non-hydrogen) atoms. The molecule has 0 bridgehead atoms. The number of aliphatic carboxylic acids is 1. The maximum atomic E-state index is 13.0. The van der Waals surface area contributed by atoms with Crippen molar-refractivity contribution in [2.75, 3.05) is 5.32 Å². The average molecular weight is 465 g/mol. The Bertz CT molecular complexity index is 1200. The van der Waals surface area contributed by atoms with E-state index in [0.29, 0.717) is 29.2 Å². The third-order valence-corrected chi connectivity index (χ3v) is 6.37. The molecule has 4 rings (SSSR count). The second-order valence-electron chi connectivity index (χ2n) is 10.0. The van der Waals surface area contributed by atoms with Crippen LogP contribution in [0.5, 0.6) is 0 Å².